The fourth-order valence-electron chi connectivity index (χ4n) is 4.58. The molecule has 9 heteroatoms. The minimum Gasteiger partial charge on any atom is -0.310 e. The van der Waals surface area contributed by atoms with Gasteiger partial charge in [-0.3, -0.25) is 14.5 Å². The van der Waals surface area contributed by atoms with Crippen LogP contribution in [0.5, 0.6) is 0 Å². The van der Waals surface area contributed by atoms with Crippen molar-refractivity contribution in [2.24, 2.45) is 5.92 Å². The molecule has 1 fully saturated rings. The number of aromatic nitrogens is 2. The van der Waals surface area contributed by atoms with Gasteiger partial charge in [0.2, 0.25) is 0 Å². The first-order chi connectivity index (χ1) is 15.8. The minimum absolute atomic E-state index is 0.0547. The summed E-state index contributed by atoms with van der Waals surface area (Å²) in [5, 5.41) is 3.64. The Morgan fingerprint density at radius 3 is 2.58 bits per heavy atom. The van der Waals surface area contributed by atoms with Gasteiger partial charge in [-0.1, -0.05) is 50.3 Å². The van der Waals surface area contributed by atoms with E-state index in [0.717, 1.165) is 17.9 Å². The molecule has 0 aliphatic heterocycles. The van der Waals surface area contributed by atoms with Crippen molar-refractivity contribution in [3.63, 3.8) is 0 Å². The molecule has 1 aromatic heterocycles. The quantitative estimate of drug-likeness (QED) is 0.401. The number of H-pyrrole nitrogens is 2. The van der Waals surface area contributed by atoms with Gasteiger partial charge in [-0.2, -0.15) is 0 Å². The molecule has 8 nitrogen and oxygen atoms in total. The summed E-state index contributed by atoms with van der Waals surface area (Å²) >= 11 is 0. The van der Waals surface area contributed by atoms with E-state index in [9.17, 15) is 18.0 Å². The number of benzene rings is 2. The van der Waals surface area contributed by atoms with Crippen LogP contribution in [-0.4, -0.2) is 24.4 Å². The molecule has 1 atom stereocenters. The van der Waals surface area contributed by atoms with Crippen LogP contribution in [0.3, 0.4) is 0 Å². The predicted octanol–water partition coefficient (Wildman–Crippen LogP) is 3.47. The van der Waals surface area contributed by atoms with E-state index in [1.165, 1.54) is 50.3 Å². The van der Waals surface area contributed by atoms with E-state index in [1.54, 1.807) is 12.1 Å². The normalized spacial score (nSPS) is 16.0. The van der Waals surface area contributed by atoms with Crippen LogP contribution in [0.25, 0.3) is 10.9 Å². The van der Waals surface area contributed by atoms with Crippen LogP contribution in [0.15, 0.2) is 56.9 Å². The third-order valence-corrected chi connectivity index (χ3v) is 7.70. The Morgan fingerprint density at radius 2 is 1.79 bits per heavy atom. The van der Waals surface area contributed by atoms with Gasteiger partial charge in [-0.05, 0) is 49.1 Å². The molecule has 0 saturated heterocycles. The lowest BCUT2D eigenvalue weighted by molar-refractivity contribution is 0.305. The van der Waals surface area contributed by atoms with Crippen LogP contribution in [0.4, 0.5) is 5.69 Å². The first-order valence-electron chi connectivity index (χ1n) is 11.4. The maximum absolute atomic E-state index is 13.1. The molecule has 0 radical (unpaired) electrons. The molecule has 0 spiro atoms. The van der Waals surface area contributed by atoms with Crippen molar-refractivity contribution in [1.29, 1.82) is 0 Å². The Labute approximate surface area is 192 Å². The van der Waals surface area contributed by atoms with E-state index < -0.39 is 21.3 Å². The van der Waals surface area contributed by atoms with Crippen molar-refractivity contribution in [1.82, 2.24) is 15.3 Å². The highest BCUT2D eigenvalue weighted by Gasteiger charge is 2.19. The Kier molecular flexibility index (Phi) is 6.99. The second-order valence-corrected chi connectivity index (χ2v) is 10.6. The zero-order valence-corrected chi connectivity index (χ0v) is 19.5. The second-order valence-electron chi connectivity index (χ2n) is 8.90. The van der Waals surface area contributed by atoms with E-state index in [0.29, 0.717) is 18.3 Å². The third kappa shape index (κ3) is 5.72. The van der Waals surface area contributed by atoms with Gasteiger partial charge in [0, 0.05) is 12.6 Å². The summed E-state index contributed by atoms with van der Waals surface area (Å²) in [6.07, 6.45) is 7.70. The first kappa shape index (κ1) is 23.3. The first-order valence-corrected chi connectivity index (χ1v) is 12.9. The molecule has 0 amide bonds. The predicted molar refractivity (Wildman–Crippen MR) is 130 cm³/mol. The molecule has 3 aromatic rings. The van der Waals surface area contributed by atoms with Gasteiger partial charge in [-0.15, -0.1) is 0 Å². The van der Waals surface area contributed by atoms with Gasteiger partial charge in [0.15, 0.2) is 0 Å². The fourth-order valence-corrected chi connectivity index (χ4v) is 5.71. The molecule has 0 unspecified atom stereocenters. The van der Waals surface area contributed by atoms with Gasteiger partial charge < -0.3 is 10.3 Å². The number of hydrogen-bond donors (Lipinski definition) is 4. The molecule has 1 saturated carbocycles. The largest absolute Gasteiger partial charge is 0.326 e. The number of nitrogens with one attached hydrogen (secondary N) is 4. The van der Waals surface area contributed by atoms with Crippen molar-refractivity contribution < 1.29 is 8.42 Å². The monoisotopic (exact) mass is 470 g/mol. The number of sulfonamides is 1. The zero-order valence-electron chi connectivity index (χ0n) is 18.7. The standard InChI is InChI=1S/C24H30N4O4S/c1-16(13-17-7-3-2-4-8-17)25-15-18-9-5-6-10-21(18)28-33(31,32)19-11-12-22-20(14-19)23(29)27-24(30)26-22/h5-6,9-12,14,16-17,25,28H,2-4,7-8,13,15H2,1H3,(H2,26,27,29,30)/t16-/m0/s1. The highest BCUT2D eigenvalue weighted by molar-refractivity contribution is 7.92. The Hall–Kier alpha value is -2.91. The lowest BCUT2D eigenvalue weighted by Gasteiger charge is -2.25. The maximum Gasteiger partial charge on any atom is 0.326 e. The Bertz CT molecular complexity index is 1340. The fraction of sp³-hybridized carbons (Fsp3) is 0.417. The topological polar surface area (TPSA) is 124 Å². The van der Waals surface area contributed by atoms with Crippen LogP contribution < -0.4 is 21.3 Å². The van der Waals surface area contributed by atoms with Gasteiger partial charge >= 0.3 is 5.69 Å². The lowest BCUT2D eigenvalue weighted by atomic mass is 9.85. The maximum atomic E-state index is 13.1. The molecule has 33 heavy (non-hydrogen) atoms. The molecule has 4 rings (SSSR count). The Balaban J connectivity index is 1.49. The average molecular weight is 471 g/mol. The van der Waals surface area contributed by atoms with Crippen LogP contribution in [0.2, 0.25) is 0 Å². The lowest BCUT2D eigenvalue weighted by Crippen LogP contribution is -2.29. The van der Waals surface area contributed by atoms with Crippen LogP contribution in [0, 0.1) is 5.92 Å². The molecule has 176 valence electrons. The average Bonchev–Trinajstić information content (AvgIpc) is 2.78. The van der Waals surface area contributed by atoms with E-state index in [4.69, 9.17) is 0 Å². The van der Waals surface area contributed by atoms with Crippen LogP contribution in [0.1, 0.15) is 51.0 Å². The van der Waals surface area contributed by atoms with Crippen molar-refractivity contribution in [2.45, 2.75) is 62.9 Å². The van der Waals surface area contributed by atoms with Gasteiger partial charge in [0.1, 0.15) is 0 Å². The molecular weight excluding hydrogens is 440 g/mol. The van der Waals surface area contributed by atoms with E-state index in [2.05, 4.69) is 26.9 Å². The van der Waals surface area contributed by atoms with Crippen molar-refractivity contribution in [3.8, 4) is 0 Å². The van der Waals surface area contributed by atoms with Crippen LogP contribution in [-0.2, 0) is 16.6 Å². The molecule has 1 heterocycles. The molecule has 0 bridgehead atoms. The Morgan fingerprint density at radius 1 is 1.03 bits per heavy atom. The molecule has 1 aliphatic rings. The summed E-state index contributed by atoms with van der Waals surface area (Å²) in [7, 11) is -3.94. The summed E-state index contributed by atoms with van der Waals surface area (Å²) in [5.74, 6) is 0.765. The van der Waals surface area contributed by atoms with Gasteiger partial charge in [0.25, 0.3) is 15.6 Å². The van der Waals surface area contributed by atoms with Crippen molar-refractivity contribution in [3.05, 3.63) is 68.9 Å². The zero-order chi connectivity index (χ0) is 23.4. The number of rotatable bonds is 8. The molecular formula is C24H30N4O4S. The van der Waals surface area contributed by atoms with Gasteiger partial charge in [0.05, 0.1) is 21.5 Å². The van der Waals surface area contributed by atoms with Crippen LogP contribution >= 0.6 is 0 Å². The highest BCUT2D eigenvalue weighted by Crippen LogP contribution is 2.27. The molecule has 4 N–H and O–H groups in total. The SMILES string of the molecule is C[C@@H](CC1CCCCC1)NCc1ccccc1NS(=O)(=O)c1ccc2[nH]c(=O)[nH]c(=O)c2c1. The minimum atomic E-state index is -3.94. The number of aromatic amines is 2. The van der Waals surface area contributed by atoms with Crippen molar-refractivity contribution >= 4 is 26.6 Å². The number of para-hydroxylation sites is 1. The molecule has 2 aromatic carbocycles. The van der Waals surface area contributed by atoms with E-state index in [1.807, 2.05) is 12.1 Å². The summed E-state index contributed by atoms with van der Waals surface area (Å²) < 4.78 is 28.8. The summed E-state index contributed by atoms with van der Waals surface area (Å²) in [4.78, 5) is 28.1. The molecule has 1 aliphatic carbocycles. The summed E-state index contributed by atoms with van der Waals surface area (Å²) in [5.41, 5.74) is 0.340. The van der Waals surface area contributed by atoms with Crippen molar-refractivity contribution in [2.75, 3.05) is 4.72 Å². The number of hydrogen-bond acceptors (Lipinski definition) is 5. The number of anilines is 1. The summed E-state index contributed by atoms with van der Waals surface area (Å²) in [6, 6.07) is 11.7. The smallest absolute Gasteiger partial charge is 0.310 e. The number of fused-ring (bicyclic) bond motifs is 1. The highest BCUT2D eigenvalue weighted by atomic mass is 32.2. The summed E-state index contributed by atoms with van der Waals surface area (Å²) in [6.45, 7) is 2.73. The third-order valence-electron chi connectivity index (χ3n) is 6.34. The van der Waals surface area contributed by atoms with E-state index in [-0.39, 0.29) is 15.8 Å². The van der Waals surface area contributed by atoms with E-state index >= 15 is 0 Å². The second kappa shape index (κ2) is 9.93. The van der Waals surface area contributed by atoms with Gasteiger partial charge in [-0.25, -0.2) is 13.2 Å².